The van der Waals surface area contributed by atoms with E-state index in [4.69, 9.17) is 4.74 Å². The molecule has 1 fully saturated rings. The molecule has 0 radical (unpaired) electrons. The monoisotopic (exact) mass is 219 g/mol. The number of hydrogen-bond acceptors (Lipinski definition) is 2. The van der Waals surface area contributed by atoms with E-state index in [-0.39, 0.29) is 0 Å². The molecule has 2 heteroatoms. The minimum absolute atomic E-state index is 0.407. The van der Waals surface area contributed by atoms with E-state index < -0.39 is 0 Å². The van der Waals surface area contributed by atoms with Crippen LogP contribution in [0, 0.1) is 0 Å². The standard InChI is InChI=1S/C14H21NO/c1-11(2)13-5-3-12(4-6-13)10-16-14-7-8-15-9-14/h3-6,11,14-15H,7-10H2,1-2H3/t14-/m1/s1. The van der Waals surface area contributed by atoms with E-state index in [1.807, 2.05) is 0 Å². The van der Waals surface area contributed by atoms with Gasteiger partial charge in [-0.25, -0.2) is 0 Å². The minimum atomic E-state index is 0.407. The summed E-state index contributed by atoms with van der Waals surface area (Å²) in [5.41, 5.74) is 2.67. The summed E-state index contributed by atoms with van der Waals surface area (Å²) in [6, 6.07) is 8.77. The number of hydrogen-bond donors (Lipinski definition) is 1. The molecule has 0 spiro atoms. The molecule has 2 rings (SSSR count). The Morgan fingerprint density at radius 2 is 2.06 bits per heavy atom. The van der Waals surface area contributed by atoms with Crippen molar-refractivity contribution in [3.63, 3.8) is 0 Å². The summed E-state index contributed by atoms with van der Waals surface area (Å²) in [6.07, 6.45) is 1.55. The van der Waals surface area contributed by atoms with Gasteiger partial charge in [-0.05, 0) is 30.0 Å². The second kappa shape index (κ2) is 5.46. The second-order valence-electron chi connectivity index (χ2n) is 4.82. The summed E-state index contributed by atoms with van der Waals surface area (Å²) in [7, 11) is 0. The Morgan fingerprint density at radius 1 is 1.31 bits per heavy atom. The molecule has 1 aromatic carbocycles. The van der Waals surface area contributed by atoms with Crippen molar-refractivity contribution < 1.29 is 4.74 Å². The molecule has 0 unspecified atom stereocenters. The summed E-state index contributed by atoms with van der Waals surface area (Å²) in [5.74, 6) is 0.606. The quantitative estimate of drug-likeness (QED) is 0.840. The Bertz CT molecular complexity index is 312. The SMILES string of the molecule is CC(C)c1ccc(CO[C@@H]2CCNC2)cc1. The molecule has 0 amide bonds. The molecule has 0 aromatic heterocycles. The van der Waals surface area contributed by atoms with Crippen LogP contribution in [-0.4, -0.2) is 19.2 Å². The Kier molecular flexibility index (Phi) is 3.97. The predicted molar refractivity (Wildman–Crippen MR) is 66.6 cm³/mol. The first-order valence-electron chi connectivity index (χ1n) is 6.17. The van der Waals surface area contributed by atoms with Gasteiger partial charge in [-0.2, -0.15) is 0 Å². The molecule has 88 valence electrons. The third-order valence-corrected chi connectivity index (χ3v) is 3.15. The van der Waals surface area contributed by atoms with Gasteiger partial charge in [-0.1, -0.05) is 38.1 Å². The van der Waals surface area contributed by atoms with Crippen molar-refractivity contribution >= 4 is 0 Å². The van der Waals surface area contributed by atoms with Crippen LogP contribution in [0.1, 0.15) is 37.3 Å². The topological polar surface area (TPSA) is 21.3 Å². The van der Waals surface area contributed by atoms with Gasteiger partial charge in [0.05, 0.1) is 12.7 Å². The van der Waals surface area contributed by atoms with E-state index in [1.54, 1.807) is 0 Å². The van der Waals surface area contributed by atoms with Crippen molar-refractivity contribution in [3.8, 4) is 0 Å². The number of ether oxygens (including phenoxy) is 1. The number of rotatable bonds is 4. The van der Waals surface area contributed by atoms with Gasteiger partial charge in [0.25, 0.3) is 0 Å². The molecule has 1 aromatic rings. The van der Waals surface area contributed by atoms with Crippen LogP contribution in [0.25, 0.3) is 0 Å². The van der Waals surface area contributed by atoms with E-state index in [1.165, 1.54) is 11.1 Å². The zero-order valence-electron chi connectivity index (χ0n) is 10.2. The van der Waals surface area contributed by atoms with Gasteiger partial charge >= 0.3 is 0 Å². The smallest absolute Gasteiger partial charge is 0.0721 e. The Hall–Kier alpha value is -0.860. The average molecular weight is 219 g/mol. The van der Waals surface area contributed by atoms with Crippen molar-refractivity contribution in [1.82, 2.24) is 5.32 Å². The molecule has 1 aliphatic rings. The van der Waals surface area contributed by atoms with Gasteiger partial charge in [-0.3, -0.25) is 0 Å². The van der Waals surface area contributed by atoms with Gasteiger partial charge < -0.3 is 10.1 Å². The van der Waals surface area contributed by atoms with Crippen LogP contribution in [-0.2, 0) is 11.3 Å². The van der Waals surface area contributed by atoms with Crippen LogP contribution < -0.4 is 5.32 Å². The molecule has 0 aliphatic carbocycles. The third-order valence-electron chi connectivity index (χ3n) is 3.15. The van der Waals surface area contributed by atoms with E-state index in [0.717, 1.165) is 26.1 Å². The molecular weight excluding hydrogens is 198 g/mol. The summed E-state index contributed by atoms with van der Waals surface area (Å²) in [4.78, 5) is 0. The van der Waals surface area contributed by atoms with E-state index in [2.05, 4.69) is 43.4 Å². The fourth-order valence-electron chi connectivity index (χ4n) is 1.98. The maximum absolute atomic E-state index is 5.83. The first-order chi connectivity index (χ1) is 7.75. The van der Waals surface area contributed by atoms with Gasteiger partial charge in [-0.15, -0.1) is 0 Å². The summed E-state index contributed by atoms with van der Waals surface area (Å²) < 4.78 is 5.83. The molecular formula is C14H21NO. The lowest BCUT2D eigenvalue weighted by Gasteiger charge is -2.11. The van der Waals surface area contributed by atoms with E-state index in [0.29, 0.717) is 12.0 Å². The van der Waals surface area contributed by atoms with Gasteiger partial charge in [0, 0.05) is 6.54 Å². The van der Waals surface area contributed by atoms with E-state index >= 15 is 0 Å². The molecule has 16 heavy (non-hydrogen) atoms. The molecule has 1 N–H and O–H groups in total. The summed E-state index contributed by atoms with van der Waals surface area (Å²) in [5, 5.41) is 3.31. The lowest BCUT2D eigenvalue weighted by atomic mass is 10.0. The van der Waals surface area contributed by atoms with Crippen LogP contribution in [0.3, 0.4) is 0 Å². The fourth-order valence-corrected chi connectivity index (χ4v) is 1.98. The largest absolute Gasteiger partial charge is 0.372 e. The molecule has 0 saturated carbocycles. The Labute approximate surface area is 98.0 Å². The van der Waals surface area contributed by atoms with Gasteiger partial charge in [0.2, 0.25) is 0 Å². The lowest BCUT2D eigenvalue weighted by molar-refractivity contribution is 0.0542. The van der Waals surface area contributed by atoms with Crippen LogP contribution >= 0.6 is 0 Å². The molecule has 1 atom stereocenters. The molecule has 1 heterocycles. The van der Waals surface area contributed by atoms with Crippen molar-refractivity contribution in [1.29, 1.82) is 0 Å². The van der Waals surface area contributed by atoms with Crippen molar-refractivity contribution in [2.45, 2.75) is 38.9 Å². The number of benzene rings is 1. The molecule has 1 saturated heterocycles. The Morgan fingerprint density at radius 3 is 2.62 bits per heavy atom. The Balaban J connectivity index is 1.84. The highest BCUT2D eigenvalue weighted by Crippen LogP contribution is 2.16. The van der Waals surface area contributed by atoms with Crippen LogP contribution in [0.5, 0.6) is 0 Å². The average Bonchev–Trinajstić information content (AvgIpc) is 2.80. The summed E-state index contributed by atoms with van der Waals surface area (Å²) in [6.45, 7) is 7.27. The van der Waals surface area contributed by atoms with Gasteiger partial charge in [0.1, 0.15) is 0 Å². The van der Waals surface area contributed by atoms with Gasteiger partial charge in [0.15, 0.2) is 0 Å². The molecule has 1 aliphatic heterocycles. The zero-order chi connectivity index (χ0) is 11.4. The van der Waals surface area contributed by atoms with Crippen LogP contribution in [0.2, 0.25) is 0 Å². The highest BCUT2D eigenvalue weighted by Gasteiger charge is 2.14. The van der Waals surface area contributed by atoms with Crippen molar-refractivity contribution in [2.75, 3.05) is 13.1 Å². The summed E-state index contributed by atoms with van der Waals surface area (Å²) >= 11 is 0. The maximum Gasteiger partial charge on any atom is 0.0721 e. The first kappa shape index (κ1) is 11.6. The van der Waals surface area contributed by atoms with E-state index in [9.17, 15) is 0 Å². The lowest BCUT2D eigenvalue weighted by Crippen LogP contribution is -2.16. The first-order valence-corrected chi connectivity index (χ1v) is 6.17. The zero-order valence-corrected chi connectivity index (χ0v) is 10.2. The van der Waals surface area contributed by atoms with Crippen molar-refractivity contribution in [2.24, 2.45) is 0 Å². The minimum Gasteiger partial charge on any atom is -0.372 e. The van der Waals surface area contributed by atoms with Crippen LogP contribution in [0.15, 0.2) is 24.3 Å². The van der Waals surface area contributed by atoms with Crippen molar-refractivity contribution in [3.05, 3.63) is 35.4 Å². The predicted octanol–water partition coefficient (Wildman–Crippen LogP) is 2.69. The molecule has 2 nitrogen and oxygen atoms in total. The third kappa shape index (κ3) is 3.06. The van der Waals surface area contributed by atoms with Crippen LogP contribution in [0.4, 0.5) is 0 Å². The molecule has 0 bridgehead atoms. The normalized spacial score (nSPS) is 20.6. The fraction of sp³-hybridized carbons (Fsp3) is 0.571. The second-order valence-corrected chi connectivity index (χ2v) is 4.82. The number of nitrogens with one attached hydrogen (secondary N) is 1. The highest BCUT2D eigenvalue weighted by molar-refractivity contribution is 5.24. The highest BCUT2D eigenvalue weighted by atomic mass is 16.5. The maximum atomic E-state index is 5.83.